The summed E-state index contributed by atoms with van der Waals surface area (Å²) in [4.78, 5) is 10.4. The van der Waals surface area contributed by atoms with Gasteiger partial charge in [0, 0.05) is 4.47 Å². The van der Waals surface area contributed by atoms with Crippen LogP contribution in [0.5, 0.6) is 5.75 Å². The molecule has 0 bridgehead atoms. The number of hydrogen-bond donors (Lipinski definition) is 1. The van der Waals surface area contributed by atoms with Gasteiger partial charge in [-0.25, -0.2) is 0 Å². The molecule has 0 fully saturated rings. The quantitative estimate of drug-likeness (QED) is 0.539. The third kappa shape index (κ3) is 4.90. The number of hydrogen-bond acceptors (Lipinski definition) is 2. The Balaban J connectivity index is 2.78. The van der Waals surface area contributed by atoms with E-state index in [0.717, 1.165) is 36.1 Å². The van der Waals surface area contributed by atoms with Crippen molar-refractivity contribution in [3.8, 4) is 5.75 Å². The predicted octanol–water partition coefficient (Wildman–Crippen LogP) is 5.15. The summed E-state index contributed by atoms with van der Waals surface area (Å²) in [5.74, 6) is 0.910. The van der Waals surface area contributed by atoms with E-state index in [0.29, 0.717) is 0 Å². The van der Waals surface area contributed by atoms with Crippen molar-refractivity contribution in [2.45, 2.75) is 58.2 Å². The van der Waals surface area contributed by atoms with Crippen LogP contribution in [0.4, 0.5) is 0 Å². The Kier molecular flexibility index (Phi) is 6.29. The maximum Gasteiger partial charge on any atom is 0.188 e. The number of rotatable bonds is 7. The highest BCUT2D eigenvalue weighted by Gasteiger charge is 2.38. The average Bonchev–Trinajstić information content (AvgIpc) is 2.31. The van der Waals surface area contributed by atoms with Crippen molar-refractivity contribution in [2.75, 3.05) is 6.61 Å². The molecule has 4 heteroatoms. The van der Waals surface area contributed by atoms with Crippen molar-refractivity contribution in [1.82, 2.24) is 0 Å². The van der Waals surface area contributed by atoms with Gasteiger partial charge in [-0.15, -0.1) is 0 Å². The van der Waals surface area contributed by atoms with Gasteiger partial charge in [-0.3, -0.25) is 0 Å². The van der Waals surface area contributed by atoms with E-state index in [1.54, 1.807) is 0 Å². The number of halogens is 1. The molecular weight excluding hydrogens is 332 g/mol. The van der Waals surface area contributed by atoms with Crippen molar-refractivity contribution >= 4 is 24.2 Å². The summed E-state index contributed by atoms with van der Waals surface area (Å²) in [5.41, 5.74) is 1.23. The largest absolute Gasteiger partial charge is 0.494 e. The normalized spacial score (nSPS) is 12.6. The minimum absolute atomic E-state index is 0.0555. The first-order chi connectivity index (χ1) is 9.17. The molecule has 0 aliphatic carbocycles. The Morgan fingerprint density at radius 2 is 1.95 bits per heavy atom. The molecule has 0 aliphatic heterocycles. The molecule has 0 unspecified atom stereocenters. The molecule has 0 aromatic heterocycles. The summed E-state index contributed by atoms with van der Waals surface area (Å²) in [6.07, 6.45) is 3.10. The Bertz CT molecular complexity index is 439. The zero-order valence-corrected chi connectivity index (χ0v) is 15.9. The van der Waals surface area contributed by atoms with Crippen LogP contribution in [0.25, 0.3) is 0 Å². The highest BCUT2D eigenvalue weighted by Crippen LogP contribution is 2.40. The molecule has 1 aromatic rings. The first kappa shape index (κ1) is 17.7. The molecule has 0 saturated heterocycles. The van der Waals surface area contributed by atoms with Crippen molar-refractivity contribution in [3.05, 3.63) is 28.2 Å². The molecule has 114 valence electrons. The highest BCUT2D eigenvalue weighted by molar-refractivity contribution is 9.10. The van der Waals surface area contributed by atoms with Crippen molar-refractivity contribution < 1.29 is 9.53 Å². The fourth-order valence-electron chi connectivity index (χ4n) is 1.79. The van der Waals surface area contributed by atoms with Crippen LogP contribution in [0.15, 0.2) is 22.7 Å². The minimum Gasteiger partial charge on any atom is -0.494 e. The summed E-state index contributed by atoms with van der Waals surface area (Å²) in [5, 5.41) is -0.0555. The SMILES string of the molecule is CCCCOc1ccc(CC(C)(C)[Si](C)(C)O)c(Br)c1. The topological polar surface area (TPSA) is 29.5 Å². The van der Waals surface area contributed by atoms with E-state index in [2.05, 4.69) is 42.8 Å². The highest BCUT2D eigenvalue weighted by atomic mass is 79.9. The van der Waals surface area contributed by atoms with Crippen molar-refractivity contribution in [3.63, 3.8) is 0 Å². The van der Waals surface area contributed by atoms with Crippen LogP contribution in [0, 0.1) is 0 Å². The second-order valence-electron chi connectivity index (χ2n) is 6.57. The first-order valence-corrected chi connectivity index (χ1v) is 11.0. The third-order valence-electron chi connectivity index (χ3n) is 4.08. The van der Waals surface area contributed by atoms with Gasteiger partial charge >= 0.3 is 0 Å². The molecule has 0 atom stereocenters. The van der Waals surface area contributed by atoms with E-state index in [-0.39, 0.29) is 5.04 Å². The Morgan fingerprint density at radius 3 is 2.45 bits per heavy atom. The van der Waals surface area contributed by atoms with Gasteiger partial charge in [-0.2, -0.15) is 0 Å². The molecule has 2 nitrogen and oxygen atoms in total. The summed E-state index contributed by atoms with van der Waals surface area (Å²) in [6, 6.07) is 6.16. The second-order valence-corrected chi connectivity index (χ2v) is 11.9. The van der Waals surface area contributed by atoms with Crippen LogP contribution in [0.3, 0.4) is 0 Å². The lowest BCUT2D eigenvalue weighted by Crippen LogP contribution is -2.40. The van der Waals surface area contributed by atoms with E-state index in [9.17, 15) is 4.80 Å². The Morgan fingerprint density at radius 1 is 1.30 bits per heavy atom. The van der Waals surface area contributed by atoms with E-state index < -0.39 is 8.32 Å². The molecule has 0 amide bonds. The molecule has 0 saturated carbocycles. The summed E-state index contributed by atoms with van der Waals surface area (Å²) in [7, 11) is -2.18. The smallest absolute Gasteiger partial charge is 0.188 e. The summed E-state index contributed by atoms with van der Waals surface area (Å²) < 4.78 is 6.78. The first-order valence-electron chi connectivity index (χ1n) is 7.31. The molecule has 0 spiro atoms. The van der Waals surface area contributed by atoms with Gasteiger partial charge in [0.1, 0.15) is 5.75 Å². The maximum atomic E-state index is 10.4. The number of benzene rings is 1. The minimum atomic E-state index is -2.18. The van der Waals surface area contributed by atoms with Crippen LogP contribution in [0.2, 0.25) is 18.1 Å². The Hall–Kier alpha value is -0.323. The van der Waals surface area contributed by atoms with E-state index in [1.165, 1.54) is 5.56 Å². The number of ether oxygens (including phenoxy) is 1. The fraction of sp³-hybridized carbons (Fsp3) is 0.625. The van der Waals surface area contributed by atoms with Crippen LogP contribution in [-0.2, 0) is 6.42 Å². The van der Waals surface area contributed by atoms with Gasteiger partial charge in [0.05, 0.1) is 6.61 Å². The molecule has 1 N–H and O–H groups in total. The monoisotopic (exact) mass is 358 g/mol. The van der Waals surface area contributed by atoms with Crippen molar-refractivity contribution in [1.29, 1.82) is 0 Å². The zero-order valence-electron chi connectivity index (χ0n) is 13.3. The maximum absolute atomic E-state index is 10.4. The predicted molar refractivity (Wildman–Crippen MR) is 92.0 cm³/mol. The van der Waals surface area contributed by atoms with E-state index in [1.807, 2.05) is 25.2 Å². The number of unbranched alkanes of at least 4 members (excludes halogenated alkanes) is 1. The third-order valence-corrected chi connectivity index (χ3v) is 8.31. The van der Waals surface area contributed by atoms with E-state index in [4.69, 9.17) is 4.74 Å². The zero-order chi connectivity index (χ0) is 15.4. The molecular formula is C16H27BrO2Si. The standard InChI is InChI=1S/C16H27BrO2Si/c1-6-7-10-19-14-9-8-13(15(17)11-14)12-16(2,3)20(4,5)18/h8-9,11,18H,6-7,10,12H2,1-5H3. The molecule has 0 heterocycles. The van der Waals surface area contributed by atoms with Crippen molar-refractivity contribution in [2.24, 2.45) is 0 Å². The van der Waals surface area contributed by atoms with Gasteiger partial charge in [-0.05, 0) is 48.7 Å². The average molecular weight is 359 g/mol. The summed E-state index contributed by atoms with van der Waals surface area (Å²) in [6.45, 7) is 11.2. The molecule has 0 radical (unpaired) electrons. The lowest BCUT2D eigenvalue weighted by atomic mass is 10.0. The van der Waals surface area contributed by atoms with Gasteiger partial charge in [0.15, 0.2) is 8.32 Å². The molecule has 1 aromatic carbocycles. The van der Waals surface area contributed by atoms with Crippen LogP contribution in [-0.4, -0.2) is 19.7 Å². The summed E-state index contributed by atoms with van der Waals surface area (Å²) >= 11 is 3.63. The van der Waals surface area contributed by atoms with Crippen LogP contribution in [0.1, 0.15) is 39.2 Å². The Labute approximate surface area is 132 Å². The fourth-order valence-corrected chi connectivity index (χ4v) is 2.91. The second kappa shape index (κ2) is 7.10. The molecule has 0 aliphatic rings. The van der Waals surface area contributed by atoms with Gasteiger partial charge < -0.3 is 9.53 Å². The van der Waals surface area contributed by atoms with Gasteiger partial charge in [-0.1, -0.05) is 49.2 Å². The molecule has 1 rings (SSSR count). The lowest BCUT2D eigenvalue weighted by Gasteiger charge is -2.35. The van der Waals surface area contributed by atoms with Crippen LogP contribution >= 0.6 is 15.9 Å². The van der Waals surface area contributed by atoms with Gasteiger partial charge in [0.2, 0.25) is 0 Å². The van der Waals surface area contributed by atoms with E-state index >= 15 is 0 Å². The van der Waals surface area contributed by atoms with Crippen LogP contribution < -0.4 is 4.74 Å². The lowest BCUT2D eigenvalue weighted by molar-refractivity contribution is 0.309. The molecule has 20 heavy (non-hydrogen) atoms. The van der Waals surface area contributed by atoms with Gasteiger partial charge in [0.25, 0.3) is 0 Å².